The fourth-order valence-corrected chi connectivity index (χ4v) is 4.30. The molecule has 106 valence electrons. The molecule has 4 nitrogen and oxygen atoms in total. The first-order valence-electron chi connectivity index (χ1n) is 7.38. The van der Waals surface area contributed by atoms with E-state index in [4.69, 9.17) is 0 Å². The maximum absolute atomic E-state index is 12.2. The first-order chi connectivity index (χ1) is 9.79. The van der Waals surface area contributed by atoms with E-state index in [1.54, 1.807) is 11.3 Å². The van der Waals surface area contributed by atoms with Gasteiger partial charge in [-0.2, -0.15) is 5.26 Å². The van der Waals surface area contributed by atoms with E-state index < -0.39 is 0 Å². The van der Waals surface area contributed by atoms with E-state index in [0.29, 0.717) is 5.56 Å². The smallest absolute Gasteiger partial charge is 0.242 e. The molecule has 5 heteroatoms. The molecule has 0 aromatic carbocycles. The fraction of sp³-hybridized carbons (Fsp3) is 0.600. The van der Waals surface area contributed by atoms with Crippen molar-refractivity contribution in [3.8, 4) is 6.07 Å². The van der Waals surface area contributed by atoms with E-state index in [9.17, 15) is 10.1 Å². The normalized spacial score (nSPS) is 21.9. The van der Waals surface area contributed by atoms with E-state index >= 15 is 0 Å². The van der Waals surface area contributed by atoms with E-state index in [0.717, 1.165) is 43.6 Å². The molecule has 0 unspecified atom stereocenters. The molecule has 1 aliphatic heterocycles. The van der Waals surface area contributed by atoms with Gasteiger partial charge in [0.15, 0.2) is 0 Å². The van der Waals surface area contributed by atoms with Crippen LogP contribution in [-0.2, 0) is 17.6 Å². The van der Waals surface area contributed by atoms with Crippen LogP contribution in [0.4, 0.5) is 5.00 Å². The van der Waals surface area contributed by atoms with Crippen molar-refractivity contribution in [3.63, 3.8) is 0 Å². The van der Waals surface area contributed by atoms with Gasteiger partial charge in [0.05, 0.1) is 11.6 Å². The molecule has 0 bridgehead atoms. The average Bonchev–Trinajstić information content (AvgIpc) is 3.02. The molecule has 1 aromatic rings. The zero-order chi connectivity index (χ0) is 13.9. The minimum Gasteiger partial charge on any atom is -0.315 e. The van der Waals surface area contributed by atoms with E-state index in [1.807, 2.05) is 0 Å². The molecule has 0 saturated carbocycles. The molecule has 0 radical (unpaired) electrons. The number of nitriles is 1. The minimum absolute atomic E-state index is 0.00964. The van der Waals surface area contributed by atoms with Crippen LogP contribution in [0.15, 0.2) is 0 Å². The SMILES string of the molecule is N#Cc1c(NC(=O)[C@H]2CCCN2)sc2c1CCCCC2. The van der Waals surface area contributed by atoms with Gasteiger partial charge < -0.3 is 10.6 Å². The number of thiophene rings is 1. The Labute approximate surface area is 123 Å². The summed E-state index contributed by atoms with van der Waals surface area (Å²) in [5.74, 6) is 0.00964. The molecule has 1 amide bonds. The number of hydrogen-bond acceptors (Lipinski definition) is 4. The summed E-state index contributed by atoms with van der Waals surface area (Å²) >= 11 is 1.60. The molecular weight excluding hydrogens is 270 g/mol. The second kappa shape index (κ2) is 5.94. The lowest BCUT2D eigenvalue weighted by molar-refractivity contribution is -0.117. The second-order valence-electron chi connectivity index (χ2n) is 5.52. The predicted octanol–water partition coefficient (Wildman–Crippen LogP) is 2.58. The summed E-state index contributed by atoms with van der Waals surface area (Å²) in [5, 5.41) is 16.4. The summed E-state index contributed by atoms with van der Waals surface area (Å²) in [6.45, 7) is 0.907. The maximum Gasteiger partial charge on any atom is 0.242 e. The molecule has 0 spiro atoms. The lowest BCUT2D eigenvalue weighted by Crippen LogP contribution is -2.35. The van der Waals surface area contributed by atoms with Gasteiger partial charge in [0.2, 0.25) is 5.91 Å². The monoisotopic (exact) mass is 289 g/mol. The summed E-state index contributed by atoms with van der Waals surface area (Å²) < 4.78 is 0. The highest BCUT2D eigenvalue weighted by atomic mass is 32.1. The Kier molecular flexibility index (Phi) is 4.04. The zero-order valence-electron chi connectivity index (χ0n) is 11.5. The molecule has 1 aromatic heterocycles. The number of hydrogen-bond donors (Lipinski definition) is 2. The van der Waals surface area contributed by atoms with Gasteiger partial charge in [-0.05, 0) is 50.6 Å². The molecule has 1 aliphatic carbocycles. The van der Waals surface area contributed by atoms with Crippen molar-refractivity contribution >= 4 is 22.2 Å². The van der Waals surface area contributed by atoms with Crippen molar-refractivity contribution in [1.82, 2.24) is 5.32 Å². The van der Waals surface area contributed by atoms with Gasteiger partial charge in [0.1, 0.15) is 11.1 Å². The topological polar surface area (TPSA) is 64.9 Å². The summed E-state index contributed by atoms with van der Waals surface area (Å²) in [4.78, 5) is 13.5. The highest BCUT2D eigenvalue weighted by molar-refractivity contribution is 7.16. The molecule has 1 fully saturated rings. The van der Waals surface area contributed by atoms with Gasteiger partial charge in [-0.25, -0.2) is 0 Å². The number of fused-ring (bicyclic) bond motifs is 1. The number of anilines is 1. The third-order valence-corrected chi connectivity index (χ3v) is 5.35. The summed E-state index contributed by atoms with van der Waals surface area (Å²) in [7, 11) is 0. The van der Waals surface area contributed by atoms with Crippen LogP contribution in [0.5, 0.6) is 0 Å². The van der Waals surface area contributed by atoms with Gasteiger partial charge in [-0.3, -0.25) is 4.79 Å². The van der Waals surface area contributed by atoms with Crippen LogP contribution in [0.2, 0.25) is 0 Å². The number of nitrogens with one attached hydrogen (secondary N) is 2. The Morgan fingerprint density at radius 2 is 2.15 bits per heavy atom. The van der Waals surface area contributed by atoms with Gasteiger partial charge in [0, 0.05) is 4.88 Å². The molecule has 1 saturated heterocycles. The van der Waals surface area contributed by atoms with Crippen molar-refractivity contribution in [1.29, 1.82) is 5.26 Å². The second-order valence-corrected chi connectivity index (χ2v) is 6.62. The quantitative estimate of drug-likeness (QED) is 0.822. The van der Waals surface area contributed by atoms with Crippen LogP contribution in [-0.4, -0.2) is 18.5 Å². The highest BCUT2D eigenvalue weighted by Crippen LogP contribution is 2.37. The maximum atomic E-state index is 12.2. The highest BCUT2D eigenvalue weighted by Gasteiger charge is 2.25. The number of nitrogens with zero attached hydrogens (tertiary/aromatic N) is 1. The van der Waals surface area contributed by atoms with Crippen molar-refractivity contribution < 1.29 is 4.79 Å². The Hall–Kier alpha value is -1.38. The summed E-state index contributed by atoms with van der Waals surface area (Å²) in [6, 6.07) is 2.21. The standard InChI is InChI=1S/C15H19N3OS/c16-9-11-10-5-2-1-3-7-13(10)20-15(11)18-14(19)12-6-4-8-17-12/h12,17H,1-8H2,(H,18,19)/t12-/m1/s1. The third kappa shape index (κ3) is 2.58. The Balaban J connectivity index is 1.82. The third-order valence-electron chi connectivity index (χ3n) is 4.15. The lowest BCUT2D eigenvalue weighted by Gasteiger charge is -2.10. The van der Waals surface area contributed by atoms with E-state index in [1.165, 1.54) is 23.3 Å². The predicted molar refractivity (Wildman–Crippen MR) is 79.9 cm³/mol. The van der Waals surface area contributed by atoms with Crippen LogP contribution in [0.3, 0.4) is 0 Å². The van der Waals surface area contributed by atoms with Crippen LogP contribution >= 0.6 is 11.3 Å². The Morgan fingerprint density at radius 1 is 1.30 bits per heavy atom. The number of carbonyl (C=O) groups is 1. The minimum atomic E-state index is -0.0940. The average molecular weight is 289 g/mol. The Morgan fingerprint density at radius 3 is 2.90 bits per heavy atom. The van der Waals surface area contributed by atoms with Gasteiger partial charge in [-0.1, -0.05) is 6.42 Å². The van der Waals surface area contributed by atoms with Crippen molar-refractivity contribution in [2.24, 2.45) is 0 Å². The Bertz CT molecular complexity index is 552. The first kappa shape index (κ1) is 13.6. The number of aryl methyl sites for hydroxylation is 1. The molecular formula is C15H19N3OS. The van der Waals surface area contributed by atoms with Crippen LogP contribution in [0.1, 0.15) is 48.1 Å². The summed E-state index contributed by atoms with van der Waals surface area (Å²) in [5.41, 5.74) is 1.89. The van der Waals surface area contributed by atoms with Crippen molar-refractivity contribution in [2.45, 2.75) is 51.0 Å². The molecule has 20 heavy (non-hydrogen) atoms. The largest absolute Gasteiger partial charge is 0.315 e. The fourth-order valence-electron chi connectivity index (χ4n) is 3.06. The van der Waals surface area contributed by atoms with Crippen LogP contribution in [0, 0.1) is 11.3 Å². The van der Waals surface area contributed by atoms with Gasteiger partial charge in [-0.15, -0.1) is 11.3 Å². The van der Waals surface area contributed by atoms with Crippen LogP contribution < -0.4 is 10.6 Å². The van der Waals surface area contributed by atoms with Gasteiger partial charge >= 0.3 is 0 Å². The molecule has 2 N–H and O–H groups in total. The lowest BCUT2D eigenvalue weighted by atomic mass is 10.1. The van der Waals surface area contributed by atoms with Crippen molar-refractivity contribution in [2.75, 3.05) is 11.9 Å². The first-order valence-corrected chi connectivity index (χ1v) is 8.20. The molecule has 1 atom stereocenters. The molecule has 2 aliphatic rings. The van der Waals surface area contributed by atoms with E-state index in [-0.39, 0.29) is 11.9 Å². The van der Waals surface area contributed by atoms with E-state index in [2.05, 4.69) is 16.7 Å². The number of carbonyl (C=O) groups excluding carboxylic acids is 1. The van der Waals surface area contributed by atoms with Crippen LogP contribution in [0.25, 0.3) is 0 Å². The molecule has 2 heterocycles. The number of amides is 1. The summed E-state index contributed by atoms with van der Waals surface area (Å²) in [6.07, 6.45) is 7.54. The number of rotatable bonds is 2. The van der Waals surface area contributed by atoms with Gasteiger partial charge in [0.25, 0.3) is 0 Å². The zero-order valence-corrected chi connectivity index (χ0v) is 12.3. The van der Waals surface area contributed by atoms with Crippen molar-refractivity contribution in [3.05, 3.63) is 16.0 Å². The molecule has 3 rings (SSSR count).